The van der Waals surface area contributed by atoms with E-state index >= 15 is 0 Å². The number of carboxylic acids is 1. The number of amides is 2. The molecule has 0 saturated carbocycles. The Bertz CT molecular complexity index is 1240. The van der Waals surface area contributed by atoms with Crippen LogP contribution in [0.4, 0.5) is 4.79 Å². The zero-order chi connectivity index (χ0) is 28.3. The average molecular weight is 1000 g/mol. The van der Waals surface area contributed by atoms with Crippen molar-refractivity contribution in [3.63, 3.8) is 0 Å². The number of urea groups is 1. The van der Waals surface area contributed by atoms with Gasteiger partial charge in [-0.3, -0.25) is 9.59 Å². The van der Waals surface area contributed by atoms with E-state index in [0.29, 0.717) is 28.9 Å². The number of carbonyl (C=O) groups is 3. The number of unbranched alkanes of at least 4 members (excludes halogenated alkanes) is 1. The highest BCUT2D eigenvalue weighted by Crippen LogP contribution is 2.38. The Balaban J connectivity index is 1.30. The largest absolute Gasteiger partial charge is 0.480 e. The summed E-state index contributed by atoms with van der Waals surface area (Å²) in [5, 5.41) is 15.4. The van der Waals surface area contributed by atoms with Gasteiger partial charge in [0, 0.05) is 17.4 Å². The first-order valence-electron chi connectivity index (χ1n) is 12.0. The molecule has 0 spiro atoms. The summed E-state index contributed by atoms with van der Waals surface area (Å²) in [6, 6.07) is 6.73. The molecule has 14 heteroatoms. The maximum Gasteiger partial charge on any atom is 0.320 e. The highest BCUT2D eigenvalue weighted by molar-refractivity contribution is 14.1. The van der Waals surface area contributed by atoms with Crippen molar-refractivity contribution in [1.29, 1.82) is 0 Å². The second kappa shape index (κ2) is 14.2. The van der Waals surface area contributed by atoms with Crippen molar-refractivity contribution in [1.82, 2.24) is 10.6 Å². The van der Waals surface area contributed by atoms with Crippen molar-refractivity contribution < 1.29 is 29.0 Å². The summed E-state index contributed by atoms with van der Waals surface area (Å²) in [5.41, 5.74) is 6.51. The fourth-order valence-corrected chi connectivity index (χ4v) is 9.99. The molecule has 0 aliphatic carbocycles. The van der Waals surface area contributed by atoms with Crippen LogP contribution in [0.2, 0.25) is 0 Å². The van der Waals surface area contributed by atoms with Crippen LogP contribution in [0.25, 0.3) is 0 Å². The predicted octanol–water partition coefficient (Wildman–Crippen LogP) is 5.48. The first-order chi connectivity index (χ1) is 18.5. The minimum atomic E-state index is -1.04. The van der Waals surface area contributed by atoms with E-state index < -0.39 is 12.0 Å². The Morgan fingerprint density at radius 2 is 1.67 bits per heavy atom. The number of ether oxygens (including phenoxy) is 2. The maximum absolute atomic E-state index is 12.6. The lowest BCUT2D eigenvalue weighted by Gasteiger charge is -2.16. The zero-order valence-corrected chi connectivity index (χ0v) is 29.8. The van der Waals surface area contributed by atoms with E-state index in [1.165, 1.54) is 0 Å². The van der Waals surface area contributed by atoms with Crippen LogP contribution in [0.15, 0.2) is 24.3 Å². The molecule has 210 valence electrons. The molecule has 2 aliphatic heterocycles. The number of carbonyl (C=O) groups excluding carboxylic acids is 2. The number of nitrogens with one attached hydrogen (secondary N) is 2. The summed E-state index contributed by atoms with van der Waals surface area (Å²) >= 11 is 10.5. The minimum absolute atomic E-state index is 0.0833. The number of aliphatic carboxylic acids is 1. The van der Waals surface area contributed by atoms with Crippen LogP contribution in [0, 0.1) is 14.3 Å². The smallest absolute Gasteiger partial charge is 0.320 e. The molecule has 0 aromatic heterocycles. The zero-order valence-electron chi connectivity index (χ0n) is 20.3. The molecule has 4 atom stereocenters. The Hall–Kier alpha value is -0.320. The molecular formula is C25H25I4N3O6S. The van der Waals surface area contributed by atoms with Gasteiger partial charge in [0.15, 0.2) is 11.5 Å². The van der Waals surface area contributed by atoms with Gasteiger partial charge in [-0.05, 0) is 139 Å². The third-order valence-corrected chi connectivity index (χ3v) is 11.0. The van der Waals surface area contributed by atoms with Crippen LogP contribution in [0.3, 0.4) is 0 Å². The molecule has 2 saturated heterocycles. The van der Waals surface area contributed by atoms with Crippen molar-refractivity contribution in [3.05, 3.63) is 44.1 Å². The normalized spacial score (nSPS) is 20.6. The summed E-state index contributed by atoms with van der Waals surface area (Å²) in [5.74, 6) is 1.41. The third-order valence-electron chi connectivity index (χ3n) is 6.30. The number of nitrogens with two attached hydrogens (primary N) is 1. The number of hydrogen-bond acceptors (Lipinski definition) is 7. The van der Waals surface area contributed by atoms with Gasteiger partial charge < -0.3 is 30.9 Å². The number of benzene rings is 2. The maximum atomic E-state index is 12.6. The number of esters is 1. The summed E-state index contributed by atoms with van der Waals surface area (Å²) in [6.07, 6.45) is 3.13. The molecule has 2 heterocycles. The lowest BCUT2D eigenvalue weighted by Crippen LogP contribution is -2.36. The molecule has 2 aromatic carbocycles. The van der Waals surface area contributed by atoms with E-state index in [1.807, 2.05) is 36.0 Å². The molecule has 2 aliphatic rings. The monoisotopic (exact) mass is 1000 g/mol. The van der Waals surface area contributed by atoms with Gasteiger partial charge in [-0.15, -0.1) is 0 Å². The van der Waals surface area contributed by atoms with Crippen LogP contribution in [0.1, 0.15) is 31.2 Å². The van der Waals surface area contributed by atoms with Gasteiger partial charge >= 0.3 is 18.0 Å². The van der Waals surface area contributed by atoms with Gasteiger partial charge in [0.05, 0.1) is 26.4 Å². The molecule has 9 nitrogen and oxygen atoms in total. The highest BCUT2D eigenvalue weighted by atomic mass is 127. The lowest BCUT2D eigenvalue weighted by molar-refractivity contribution is -0.138. The molecule has 2 amide bonds. The summed E-state index contributed by atoms with van der Waals surface area (Å²) in [6.45, 7) is 0. The summed E-state index contributed by atoms with van der Waals surface area (Å²) in [7, 11) is 0. The van der Waals surface area contributed by atoms with Gasteiger partial charge in [0.1, 0.15) is 11.8 Å². The van der Waals surface area contributed by atoms with Crippen LogP contribution in [-0.2, 0) is 16.0 Å². The van der Waals surface area contributed by atoms with Crippen molar-refractivity contribution in [3.8, 4) is 17.2 Å². The van der Waals surface area contributed by atoms with Gasteiger partial charge in [-0.2, -0.15) is 11.8 Å². The average Bonchev–Trinajstić information content (AvgIpc) is 3.40. The quantitative estimate of drug-likeness (QED) is 0.0764. The standard InChI is InChI=1S/C25H25I4N3O6S/c26-13-5-11(7-17(30)24(34)35)6-14(27)22(13)37-12-8-15(28)23(16(29)9-12)38-20(33)4-2-1-3-19-21-18(10-39-19)31-25(36)32-21/h5-6,8-9,17-19,21H,1-4,7,10,30H2,(H,34,35)(H2,31,32,36)/t17-,18-,19-,21-/m0/s1. The number of fused-ring (bicyclic) bond motifs is 1. The van der Waals surface area contributed by atoms with Crippen molar-refractivity contribution in [2.75, 3.05) is 5.75 Å². The van der Waals surface area contributed by atoms with Gasteiger partial charge in [-0.1, -0.05) is 6.42 Å². The van der Waals surface area contributed by atoms with Gasteiger partial charge in [-0.25, -0.2) is 4.79 Å². The highest BCUT2D eigenvalue weighted by Gasteiger charge is 2.42. The van der Waals surface area contributed by atoms with E-state index in [2.05, 4.69) is 101 Å². The van der Waals surface area contributed by atoms with Crippen molar-refractivity contribution in [2.45, 2.75) is 55.5 Å². The Kier molecular flexibility index (Phi) is 11.5. The van der Waals surface area contributed by atoms with E-state index in [0.717, 1.165) is 44.9 Å². The van der Waals surface area contributed by atoms with E-state index in [9.17, 15) is 14.4 Å². The second-order valence-corrected chi connectivity index (χ2v) is 15.1. The molecule has 39 heavy (non-hydrogen) atoms. The molecule has 0 bridgehead atoms. The fourth-order valence-electron chi connectivity index (χ4n) is 4.40. The van der Waals surface area contributed by atoms with Gasteiger partial charge in [0.25, 0.3) is 0 Å². The molecule has 2 fully saturated rings. The predicted molar refractivity (Wildman–Crippen MR) is 183 cm³/mol. The van der Waals surface area contributed by atoms with Crippen molar-refractivity contribution >= 4 is 120 Å². The SMILES string of the molecule is N[C@@H](Cc1cc(I)c(Oc2cc(I)c(OC(=O)CCCC[C@@H]3SC[C@@H]4NC(=O)N[C@@H]43)c(I)c2)c(I)c1)C(=O)O. The number of carboxylic acid groups (broad SMARTS) is 1. The van der Waals surface area contributed by atoms with Gasteiger partial charge in [0.2, 0.25) is 0 Å². The number of halogens is 4. The van der Waals surface area contributed by atoms with Crippen LogP contribution < -0.4 is 25.8 Å². The first-order valence-corrected chi connectivity index (χ1v) is 17.4. The molecule has 0 radical (unpaired) electrons. The molecule has 2 aromatic rings. The second-order valence-electron chi connectivity index (χ2n) is 9.20. The van der Waals surface area contributed by atoms with Crippen LogP contribution >= 0.6 is 102 Å². The lowest BCUT2D eigenvalue weighted by atomic mass is 10.0. The third kappa shape index (κ3) is 8.38. The molecular weight excluding hydrogens is 978 g/mol. The van der Waals surface area contributed by atoms with E-state index in [4.69, 9.17) is 20.3 Å². The summed E-state index contributed by atoms with van der Waals surface area (Å²) in [4.78, 5) is 35.2. The van der Waals surface area contributed by atoms with Crippen LogP contribution in [0.5, 0.6) is 17.2 Å². The summed E-state index contributed by atoms with van der Waals surface area (Å²) < 4.78 is 15.1. The Morgan fingerprint density at radius 3 is 2.31 bits per heavy atom. The van der Waals surface area contributed by atoms with E-state index in [-0.39, 0.29) is 30.5 Å². The molecule has 5 N–H and O–H groups in total. The molecule has 4 rings (SSSR count). The first kappa shape index (κ1) is 31.6. The number of thioether (sulfide) groups is 1. The minimum Gasteiger partial charge on any atom is -0.480 e. The Morgan fingerprint density at radius 1 is 1.03 bits per heavy atom. The fraction of sp³-hybridized carbons (Fsp3) is 0.400. The topological polar surface area (TPSA) is 140 Å². The van der Waals surface area contributed by atoms with E-state index in [1.54, 1.807) is 0 Å². The Labute approximate surface area is 284 Å². The van der Waals surface area contributed by atoms with Crippen molar-refractivity contribution in [2.24, 2.45) is 5.73 Å². The molecule has 0 unspecified atom stereocenters. The number of hydrogen-bond donors (Lipinski definition) is 4. The van der Waals surface area contributed by atoms with Crippen LogP contribution in [-0.4, -0.2) is 52.2 Å². The number of rotatable bonds is 11.